The fraction of sp³-hybridized carbons (Fsp3) is 0.556. The maximum atomic E-state index is 12.1. The topological polar surface area (TPSA) is 84.2 Å². The van der Waals surface area contributed by atoms with E-state index in [0.717, 1.165) is 5.56 Å². The Labute approximate surface area is 150 Å². The van der Waals surface area contributed by atoms with Crippen molar-refractivity contribution in [1.82, 2.24) is 10.6 Å². The molecule has 24 heavy (non-hydrogen) atoms. The number of halogens is 1. The second-order valence-corrected chi connectivity index (χ2v) is 6.39. The number of hydrogen-bond donors (Lipinski definition) is 3. The summed E-state index contributed by atoms with van der Waals surface area (Å²) in [5, 5.41) is 5.70. The summed E-state index contributed by atoms with van der Waals surface area (Å²) in [7, 11) is 0. The molecule has 1 aromatic rings. The van der Waals surface area contributed by atoms with Crippen LogP contribution in [-0.4, -0.2) is 24.9 Å². The number of hydrogen-bond acceptors (Lipinski definition) is 3. The maximum Gasteiger partial charge on any atom is 0.251 e. The van der Waals surface area contributed by atoms with Crippen molar-refractivity contribution in [1.29, 1.82) is 0 Å². The van der Waals surface area contributed by atoms with Gasteiger partial charge in [0.2, 0.25) is 5.91 Å². The summed E-state index contributed by atoms with van der Waals surface area (Å²) in [6.07, 6.45) is 6.73. The highest BCUT2D eigenvalue weighted by molar-refractivity contribution is 5.96. The van der Waals surface area contributed by atoms with Gasteiger partial charge in [-0.15, -0.1) is 12.4 Å². The van der Waals surface area contributed by atoms with Gasteiger partial charge in [-0.3, -0.25) is 9.59 Å². The zero-order valence-corrected chi connectivity index (χ0v) is 15.1. The standard InChI is InChI=1S/C18H27N3O2.ClH/c1-13-7-8-15(19)12-16(13)18(23)21-10-9-20-17(22)11-14-5-3-2-4-6-14;/h7-8,12,14H,2-6,9-11,19H2,1H3,(H,20,22)(H,21,23);1H. The van der Waals surface area contributed by atoms with E-state index in [9.17, 15) is 9.59 Å². The zero-order valence-electron chi connectivity index (χ0n) is 14.3. The van der Waals surface area contributed by atoms with Crippen LogP contribution in [-0.2, 0) is 4.79 Å². The van der Waals surface area contributed by atoms with Gasteiger partial charge in [0.1, 0.15) is 0 Å². The largest absolute Gasteiger partial charge is 0.399 e. The minimum atomic E-state index is -0.156. The maximum absolute atomic E-state index is 12.1. The third-order valence-electron chi connectivity index (χ3n) is 4.44. The van der Waals surface area contributed by atoms with Crippen LogP contribution in [0, 0.1) is 12.8 Å². The van der Waals surface area contributed by atoms with Gasteiger partial charge in [0.25, 0.3) is 5.91 Å². The molecule has 4 N–H and O–H groups in total. The first kappa shape index (κ1) is 20.3. The van der Waals surface area contributed by atoms with E-state index in [1.807, 2.05) is 13.0 Å². The zero-order chi connectivity index (χ0) is 16.7. The van der Waals surface area contributed by atoms with Gasteiger partial charge in [-0.05, 0) is 43.4 Å². The van der Waals surface area contributed by atoms with E-state index in [-0.39, 0.29) is 24.2 Å². The Bertz CT molecular complexity index is 557. The van der Waals surface area contributed by atoms with Crippen molar-refractivity contribution >= 4 is 29.9 Å². The third-order valence-corrected chi connectivity index (χ3v) is 4.44. The Morgan fingerprint density at radius 3 is 2.50 bits per heavy atom. The molecule has 6 heteroatoms. The lowest BCUT2D eigenvalue weighted by atomic mass is 9.87. The highest BCUT2D eigenvalue weighted by Crippen LogP contribution is 2.25. The van der Waals surface area contributed by atoms with Crippen LogP contribution < -0.4 is 16.4 Å². The molecule has 0 atom stereocenters. The van der Waals surface area contributed by atoms with Gasteiger partial charge in [0.05, 0.1) is 0 Å². The van der Waals surface area contributed by atoms with E-state index in [1.165, 1.54) is 32.1 Å². The lowest BCUT2D eigenvalue weighted by Crippen LogP contribution is -2.35. The molecule has 1 aliphatic carbocycles. The number of rotatable bonds is 6. The molecule has 134 valence electrons. The van der Waals surface area contributed by atoms with Gasteiger partial charge in [-0.1, -0.05) is 25.3 Å². The Morgan fingerprint density at radius 2 is 1.79 bits per heavy atom. The number of anilines is 1. The van der Waals surface area contributed by atoms with Crippen LogP contribution in [0.1, 0.15) is 54.4 Å². The lowest BCUT2D eigenvalue weighted by molar-refractivity contribution is -0.122. The average Bonchev–Trinajstić information content (AvgIpc) is 2.54. The molecule has 0 spiro atoms. The predicted octanol–water partition coefficient (Wildman–Crippen LogP) is 2.82. The number of nitrogens with two attached hydrogens (primary N) is 1. The Balaban J connectivity index is 0.00000288. The fourth-order valence-electron chi connectivity index (χ4n) is 3.08. The van der Waals surface area contributed by atoms with E-state index in [2.05, 4.69) is 10.6 Å². The molecule has 0 heterocycles. The van der Waals surface area contributed by atoms with Gasteiger partial charge in [0.15, 0.2) is 0 Å². The fourth-order valence-corrected chi connectivity index (χ4v) is 3.08. The molecule has 1 aliphatic rings. The molecular formula is C18H28ClN3O2. The number of carbonyl (C=O) groups excluding carboxylic acids is 2. The molecule has 0 unspecified atom stereocenters. The summed E-state index contributed by atoms with van der Waals surface area (Å²) in [5.41, 5.74) is 7.75. The second-order valence-electron chi connectivity index (χ2n) is 6.39. The molecule has 2 rings (SSSR count). The number of carbonyl (C=O) groups is 2. The Kier molecular flexibility index (Phi) is 8.61. The molecular weight excluding hydrogens is 326 g/mol. The van der Waals surface area contributed by atoms with E-state index in [0.29, 0.717) is 36.7 Å². The van der Waals surface area contributed by atoms with Crippen molar-refractivity contribution in [2.75, 3.05) is 18.8 Å². The molecule has 5 nitrogen and oxygen atoms in total. The lowest BCUT2D eigenvalue weighted by Gasteiger charge is -2.20. The van der Waals surface area contributed by atoms with Crippen LogP contribution in [0.15, 0.2) is 18.2 Å². The van der Waals surface area contributed by atoms with E-state index < -0.39 is 0 Å². The van der Waals surface area contributed by atoms with Crippen molar-refractivity contribution in [3.05, 3.63) is 29.3 Å². The third kappa shape index (κ3) is 6.40. The molecule has 2 amide bonds. The Hall–Kier alpha value is -1.75. The van der Waals surface area contributed by atoms with Crippen LogP contribution in [0.3, 0.4) is 0 Å². The van der Waals surface area contributed by atoms with Crippen LogP contribution in [0.5, 0.6) is 0 Å². The minimum Gasteiger partial charge on any atom is -0.399 e. The summed E-state index contributed by atoms with van der Waals surface area (Å²) in [6, 6.07) is 5.28. The second kappa shape index (κ2) is 10.2. The number of nitrogen functional groups attached to an aromatic ring is 1. The van der Waals surface area contributed by atoms with E-state index >= 15 is 0 Å². The monoisotopic (exact) mass is 353 g/mol. The highest BCUT2D eigenvalue weighted by Gasteiger charge is 2.16. The molecule has 0 saturated heterocycles. The summed E-state index contributed by atoms with van der Waals surface area (Å²) in [4.78, 5) is 24.0. The van der Waals surface area contributed by atoms with Gasteiger partial charge in [-0.2, -0.15) is 0 Å². The number of benzene rings is 1. The van der Waals surface area contributed by atoms with Gasteiger partial charge < -0.3 is 16.4 Å². The van der Waals surface area contributed by atoms with E-state index in [4.69, 9.17) is 5.73 Å². The molecule has 1 fully saturated rings. The molecule has 0 radical (unpaired) electrons. The predicted molar refractivity (Wildman–Crippen MR) is 99.4 cm³/mol. The van der Waals surface area contributed by atoms with Crippen molar-refractivity contribution in [2.45, 2.75) is 45.4 Å². The highest BCUT2D eigenvalue weighted by atomic mass is 35.5. The number of aryl methyl sites for hydroxylation is 1. The average molecular weight is 354 g/mol. The molecule has 0 bridgehead atoms. The van der Waals surface area contributed by atoms with E-state index in [1.54, 1.807) is 12.1 Å². The van der Waals surface area contributed by atoms with Gasteiger partial charge >= 0.3 is 0 Å². The first-order valence-electron chi connectivity index (χ1n) is 8.47. The summed E-state index contributed by atoms with van der Waals surface area (Å²) < 4.78 is 0. The first-order valence-corrected chi connectivity index (χ1v) is 8.47. The molecule has 0 aromatic heterocycles. The smallest absolute Gasteiger partial charge is 0.251 e. The van der Waals surface area contributed by atoms with Crippen LogP contribution in [0.2, 0.25) is 0 Å². The number of amides is 2. The summed E-state index contributed by atoms with van der Waals surface area (Å²) in [6.45, 7) is 2.75. The quantitative estimate of drug-likeness (QED) is 0.543. The van der Waals surface area contributed by atoms with Crippen molar-refractivity contribution in [3.63, 3.8) is 0 Å². The number of nitrogens with one attached hydrogen (secondary N) is 2. The van der Waals surface area contributed by atoms with Crippen LogP contribution in [0.4, 0.5) is 5.69 Å². The van der Waals surface area contributed by atoms with Gasteiger partial charge in [0, 0.05) is 30.8 Å². The SMILES string of the molecule is Cc1ccc(N)cc1C(=O)NCCNC(=O)CC1CCCCC1.Cl. The normalized spacial score (nSPS) is 14.5. The van der Waals surface area contributed by atoms with Crippen molar-refractivity contribution in [2.24, 2.45) is 5.92 Å². The minimum absolute atomic E-state index is 0. The first-order chi connectivity index (χ1) is 11.1. The van der Waals surface area contributed by atoms with Crippen LogP contribution >= 0.6 is 12.4 Å². The van der Waals surface area contributed by atoms with Crippen LogP contribution in [0.25, 0.3) is 0 Å². The van der Waals surface area contributed by atoms with Crippen molar-refractivity contribution < 1.29 is 9.59 Å². The Morgan fingerprint density at radius 1 is 1.12 bits per heavy atom. The summed E-state index contributed by atoms with van der Waals surface area (Å²) in [5.74, 6) is 0.468. The molecule has 1 saturated carbocycles. The molecule has 1 aromatic carbocycles. The summed E-state index contributed by atoms with van der Waals surface area (Å²) >= 11 is 0. The van der Waals surface area contributed by atoms with Crippen molar-refractivity contribution in [3.8, 4) is 0 Å². The molecule has 0 aliphatic heterocycles. The van der Waals surface area contributed by atoms with Gasteiger partial charge in [-0.25, -0.2) is 0 Å².